The number of nitrogens with one attached hydrogen (secondary N) is 3. The molecule has 19 heteroatoms. The molecule has 65 heavy (non-hydrogen) atoms. The van der Waals surface area contributed by atoms with Crippen molar-refractivity contribution in [2.45, 2.75) is 52.7 Å². The number of aryl methyl sites for hydroxylation is 2. The number of amides is 3. The molecular weight excluding hydrogens is 874 g/mol. The fourth-order valence-corrected chi connectivity index (χ4v) is 9.00. The molecule has 3 aromatic heterocycles. The Balaban J connectivity index is 0.697. The first-order valence-corrected chi connectivity index (χ1v) is 22.5. The molecule has 1 fully saturated rings. The second-order valence-electron chi connectivity index (χ2n) is 15.4. The number of benzene rings is 3. The Kier molecular flexibility index (Phi) is 14.4. The van der Waals surface area contributed by atoms with Gasteiger partial charge in [0.05, 0.1) is 62.5 Å². The van der Waals surface area contributed by atoms with E-state index >= 15 is 0 Å². The zero-order valence-electron chi connectivity index (χ0n) is 36.2. The highest BCUT2D eigenvalue weighted by molar-refractivity contribution is 7.15. The molecule has 0 aliphatic carbocycles. The monoisotopic (exact) mass is 922 g/mol. The van der Waals surface area contributed by atoms with Crippen LogP contribution in [0.15, 0.2) is 82.7 Å². The Bertz CT molecular complexity index is 2800. The molecule has 1 unspecified atom stereocenters. The summed E-state index contributed by atoms with van der Waals surface area (Å²) in [6, 6.07) is 19.4. The average Bonchev–Trinajstić information content (AvgIpc) is 3.68. The number of fused-ring (bicyclic) bond motifs is 4. The number of rotatable bonds is 19. The zero-order chi connectivity index (χ0) is 45.5. The first-order valence-electron chi connectivity index (χ1n) is 21.3. The Morgan fingerprint density at radius 2 is 1.62 bits per heavy atom. The van der Waals surface area contributed by atoms with Crippen LogP contribution in [0.4, 0.5) is 11.4 Å². The van der Waals surface area contributed by atoms with Crippen LogP contribution in [-0.4, -0.2) is 95.7 Å². The van der Waals surface area contributed by atoms with Crippen LogP contribution in [-0.2, 0) is 41.7 Å². The molecule has 3 aromatic carbocycles. The van der Waals surface area contributed by atoms with Crippen LogP contribution in [0.25, 0.3) is 15.8 Å². The number of piperidine rings is 1. The van der Waals surface area contributed by atoms with Crippen LogP contribution < -0.4 is 30.9 Å². The number of ether oxygens (including phenoxy) is 4. The summed E-state index contributed by atoms with van der Waals surface area (Å²) in [5.41, 5.74) is 5.18. The highest BCUT2D eigenvalue weighted by Gasteiger charge is 2.35. The van der Waals surface area contributed by atoms with E-state index < -0.39 is 11.9 Å². The number of carbonyl (C=O) groups is 3. The molecule has 2 aliphatic rings. The van der Waals surface area contributed by atoms with E-state index in [4.69, 9.17) is 40.6 Å². The molecule has 0 radical (unpaired) electrons. The van der Waals surface area contributed by atoms with Gasteiger partial charge in [-0.3, -0.25) is 29.5 Å². The van der Waals surface area contributed by atoms with E-state index in [0.717, 1.165) is 43.9 Å². The molecule has 5 heterocycles. The van der Waals surface area contributed by atoms with Crippen molar-refractivity contribution in [3.63, 3.8) is 0 Å². The molecule has 2 aliphatic heterocycles. The fraction of sp³-hybridized carbons (Fsp3) is 0.348. The predicted molar refractivity (Wildman–Crippen MR) is 246 cm³/mol. The van der Waals surface area contributed by atoms with Gasteiger partial charge in [-0.1, -0.05) is 35.1 Å². The molecular formula is C46H49ClN9O8S+. The molecule has 8 rings (SSSR count). The second-order valence-corrected chi connectivity index (χ2v) is 17.1. The van der Waals surface area contributed by atoms with E-state index in [2.05, 4.69) is 39.5 Å². The fourth-order valence-electron chi connectivity index (χ4n) is 7.65. The predicted octanol–water partition coefficient (Wildman–Crippen LogP) is 5.02. The van der Waals surface area contributed by atoms with Crippen molar-refractivity contribution in [3.8, 4) is 10.8 Å². The third-order valence-corrected chi connectivity index (χ3v) is 12.5. The van der Waals surface area contributed by atoms with Gasteiger partial charge < -0.3 is 29.6 Å². The summed E-state index contributed by atoms with van der Waals surface area (Å²) < 4.78 is 27.7. The number of thiophene rings is 1. The van der Waals surface area contributed by atoms with Crippen LogP contribution in [0, 0.1) is 20.8 Å². The number of hydrogen-bond donors (Lipinski definition) is 3. The van der Waals surface area contributed by atoms with E-state index in [0.29, 0.717) is 86.6 Å². The molecule has 338 valence electrons. The van der Waals surface area contributed by atoms with Gasteiger partial charge in [-0.15, -0.1) is 4.68 Å². The first kappa shape index (κ1) is 45.3. The molecule has 3 N–H and O–H groups in total. The maximum atomic E-state index is 13.3. The lowest BCUT2D eigenvalue weighted by molar-refractivity contribution is -0.746. The molecule has 0 bridgehead atoms. The minimum atomic E-state index is -0.807. The molecule has 3 amide bonds. The molecule has 1 atom stereocenters. The summed E-state index contributed by atoms with van der Waals surface area (Å²) in [6.45, 7) is 9.94. The number of anilines is 2. The molecule has 0 saturated carbocycles. The van der Waals surface area contributed by atoms with E-state index in [-0.39, 0.29) is 36.8 Å². The van der Waals surface area contributed by atoms with Crippen molar-refractivity contribution in [1.29, 1.82) is 0 Å². The van der Waals surface area contributed by atoms with Gasteiger partial charge in [0.2, 0.25) is 11.7 Å². The van der Waals surface area contributed by atoms with Crippen molar-refractivity contribution in [1.82, 2.24) is 24.8 Å². The van der Waals surface area contributed by atoms with Crippen molar-refractivity contribution in [2.75, 3.05) is 63.4 Å². The van der Waals surface area contributed by atoms with Crippen LogP contribution in [0.3, 0.4) is 0 Å². The summed E-state index contributed by atoms with van der Waals surface area (Å²) in [4.78, 5) is 56.3. The Hall–Kier alpha value is -6.31. The minimum absolute atomic E-state index is 0.0230. The third-order valence-electron chi connectivity index (χ3n) is 11.0. The summed E-state index contributed by atoms with van der Waals surface area (Å²) in [6.07, 6.45) is 1.95. The summed E-state index contributed by atoms with van der Waals surface area (Å²) in [7, 11) is 0. The van der Waals surface area contributed by atoms with Crippen molar-refractivity contribution in [2.24, 2.45) is 4.99 Å². The third kappa shape index (κ3) is 10.6. The smallest absolute Gasteiger partial charge is 0.306 e. The first-order chi connectivity index (χ1) is 31.5. The standard InChI is InChI=1S/C46H48ClN9O8S/c1-28-29(2)65-46-42(28)43(31-4-6-33(47)7-5-31)49-26-41-54(53-30(3)55(41)46)27-40(58)51-34-8-11-36(12-9-34)64-23-22-63-21-20-62-19-18-61-17-16-48-35-10-13-37-32(24-35)25-50-56(45(37)60)38-14-15-39(57)52-44(38)59/h4-13,24-25,38H,14-23,26-27H2,1-3H3,(H2-,48,51,52,57,58,59,60)/p+1. The van der Waals surface area contributed by atoms with Gasteiger partial charge >= 0.3 is 5.82 Å². The topological polar surface area (TPSA) is 193 Å². The summed E-state index contributed by atoms with van der Waals surface area (Å²) in [5, 5.41) is 20.2. The number of aliphatic imine (C=N–C) groups is 1. The Labute approximate surface area is 383 Å². The highest BCUT2D eigenvalue weighted by atomic mass is 35.5. The van der Waals surface area contributed by atoms with Crippen molar-refractivity contribution < 1.29 is 38.0 Å². The number of carbonyl (C=O) groups excluding carboxylic acids is 3. The van der Waals surface area contributed by atoms with Gasteiger partial charge in [0.25, 0.3) is 17.4 Å². The van der Waals surface area contributed by atoms with Gasteiger partial charge in [0.15, 0.2) is 11.5 Å². The highest BCUT2D eigenvalue weighted by Crippen LogP contribution is 2.36. The number of aromatic nitrogens is 5. The molecule has 1 saturated heterocycles. The number of imide groups is 1. The molecule has 0 spiro atoms. The van der Waals surface area contributed by atoms with Gasteiger partial charge in [0, 0.05) is 52.1 Å². The normalized spacial score (nSPS) is 14.6. The zero-order valence-corrected chi connectivity index (χ0v) is 37.8. The lowest BCUT2D eigenvalue weighted by atomic mass is 10.00. The molecule has 17 nitrogen and oxygen atoms in total. The Morgan fingerprint density at radius 1 is 0.908 bits per heavy atom. The lowest BCUT2D eigenvalue weighted by Crippen LogP contribution is -2.45. The van der Waals surface area contributed by atoms with Crippen LogP contribution in [0.5, 0.6) is 5.75 Å². The number of nitrogens with zero attached hydrogens (tertiary/aromatic N) is 6. The van der Waals surface area contributed by atoms with E-state index in [9.17, 15) is 19.2 Å². The van der Waals surface area contributed by atoms with Gasteiger partial charge in [-0.05, 0) is 85.5 Å². The van der Waals surface area contributed by atoms with Crippen LogP contribution in [0.2, 0.25) is 5.02 Å². The van der Waals surface area contributed by atoms with Gasteiger partial charge in [-0.2, -0.15) is 9.67 Å². The van der Waals surface area contributed by atoms with Gasteiger partial charge in [-0.25, -0.2) is 4.68 Å². The van der Waals surface area contributed by atoms with Crippen molar-refractivity contribution >= 4 is 68.5 Å². The molecule has 6 aromatic rings. The van der Waals surface area contributed by atoms with Crippen molar-refractivity contribution in [3.05, 3.63) is 122 Å². The van der Waals surface area contributed by atoms with E-state index in [1.807, 2.05) is 37.3 Å². The lowest BCUT2D eigenvalue weighted by Gasteiger charge is -2.21. The minimum Gasteiger partial charge on any atom is -0.491 e. The van der Waals surface area contributed by atoms with E-state index in [1.54, 1.807) is 58.6 Å². The maximum Gasteiger partial charge on any atom is 0.306 e. The Morgan fingerprint density at radius 3 is 2.35 bits per heavy atom. The number of hydrogen-bond acceptors (Lipinski definition) is 13. The largest absolute Gasteiger partial charge is 0.491 e. The SMILES string of the molecule is Cc1sc2c(c1C)C(c1ccc(Cl)cc1)=NCc1n-2c(C)n[n+]1CC(=O)Nc1ccc(OCCOCCOCCOCCNc2ccc3c(=O)n(C4CCC(=O)NC4=O)ncc3c2)cc1. The quantitative estimate of drug-likeness (QED) is 0.0562. The van der Waals surface area contributed by atoms with E-state index in [1.165, 1.54) is 10.4 Å². The van der Waals surface area contributed by atoms with Crippen LogP contribution >= 0.6 is 22.9 Å². The van der Waals surface area contributed by atoms with Crippen LogP contribution in [0.1, 0.15) is 52.1 Å². The summed E-state index contributed by atoms with van der Waals surface area (Å²) >= 11 is 7.90. The van der Waals surface area contributed by atoms with Gasteiger partial charge in [0.1, 0.15) is 24.9 Å². The number of halogens is 1. The maximum absolute atomic E-state index is 13.3. The summed E-state index contributed by atoms with van der Waals surface area (Å²) in [5.74, 6) is 1.18. The second kappa shape index (κ2) is 20.7. The average molecular weight is 923 g/mol.